The topological polar surface area (TPSA) is 90.4 Å². The van der Waals surface area contributed by atoms with Crippen LogP contribution in [0.5, 0.6) is 0 Å². The number of fused-ring (bicyclic) bond motifs is 3. The summed E-state index contributed by atoms with van der Waals surface area (Å²) in [5, 5.41) is 7.68. The maximum atomic E-state index is 13.8. The number of hydrogen-bond donors (Lipinski definition) is 1. The number of nitrogens with one attached hydrogen (secondary N) is 1. The third-order valence-corrected chi connectivity index (χ3v) is 6.43. The van der Waals surface area contributed by atoms with Gasteiger partial charge in [0, 0.05) is 11.6 Å². The van der Waals surface area contributed by atoms with Crippen molar-refractivity contribution in [3.8, 4) is 0 Å². The van der Waals surface area contributed by atoms with Crippen molar-refractivity contribution in [1.82, 2.24) is 24.1 Å². The molecule has 0 aliphatic rings. The van der Waals surface area contributed by atoms with Crippen LogP contribution in [0.15, 0.2) is 82.4 Å². The number of benzene rings is 3. The third-order valence-electron chi connectivity index (χ3n) is 6.43. The van der Waals surface area contributed by atoms with E-state index in [9.17, 15) is 18.8 Å². The Morgan fingerprint density at radius 1 is 0.973 bits per heavy atom. The highest BCUT2D eigenvalue weighted by Crippen LogP contribution is 2.16. The van der Waals surface area contributed by atoms with Crippen molar-refractivity contribution in [2.24, 2.45) is 0 Å². The van der Waals surface area contributed by atoms with Gasteiger partial charge in [0.1, 0.15) is 5.82 Å². The summed E-state index contributed by atoms with van der Waals surface area (Å²) in [6.45, 7) is 4.09. The Hall–Kier alpha value is -4.53. The van der Waals surface area contributed by atoms with Crippen molar-refractivity contribution in [3.63, 3.8) is 0 Å². The van der Waals surface area contributed by atoms with E-state index in [-0.39, 0.29) is 47.3 Å². The van der Waals surface area contributed by atoms with Gasteiger partial charge in [-0.3, -0.25) is 14.2 Å². The average Bonchev–Trinajstić information content (AvgIpc) is 3.22. The molecule has 3 aromatic carbocycles. The molecule has 0 saturated carbocycles. The smallest absolute Gasteiger partial charge is 0.350 e. The maximum Gasteiger partial charge on any atom is 0.352 e. The lowest BCUT2D eigenvalue weighted by molar-refractivity contribution is 0.0939. The van der Waals surface area contributed by atoms with E-state index in [1.807, 2.05) is 44.2 Å². The number of halogens is 1. The molecule has 2 heterocycles. The van der Waals surface area contributed by atoms with Crippen LogP contribution in [-0.2, 0) is 13.1 Å². The molecular weight excluding hydrogens is 473 g/mol. The molecule has 0 aliphatic carbocycles. The van der Waals surface area contributed by atoms with E-state index < -0.39 is 11.5 Å². The van der Waals surface area contributed by atoms with Crippen molar-refractivity contribution >= 4 is 22.6 Å². The van der Waals surface area contributed by atoms with Gasteiger partial charge in [0.2, 0.25) is 5.78 Å². The lowest BCUT2D eigenvalue weighted by Crippen LogP contribution is -2.32. The number of hydrogen-bond acceptors (Lipinski definition) is 4. The molecule has 2 aromatic heterocycles. The second-order valence-electron chi connectivity index (χ2n) is 9.10. The first-order chi connectivity index (χ1) is 17.9. The number of amides is 1. The maximum absolute atomic E-state index is 13.8. The zero-order valence-electron chi connectivity index (χ0n) is 20.5. The van der Waals surface area contributed by atoms with E-state index in [1.165, 1.54) is 25.8 Å². The Bertz CT molecular complexity index is 1740. The number of aromatic nitrogens is 4. The normalized spacial score (nSPS) is 12.2. The van der Waals surface area contributed by atoms with Gasteiger partial charge >= 0.3 is 5.69 Å². The van der Waals surface area contributed by atoms with E-state index in [1.54, 1.807) is 30.3 Å². The first-order valence-electron chi connectivity index (χ1n) is 12.1. The molecule has 188 valence electrons. The molecule has 37 heavy (non-hydrogen) atoms. The van der Waals surface area contributed by atoms with Gasteiger partial charge in [0.25, 0.3) is 11.5 Å². The summed E-state index contributed by atoms with van der Waals surface area (Å²) in [5.41, 5.74) is 1.22. The molecule has 5 rings (SSSR count). The second-order valence-corrected chi connectivity index (χ2v) is 9.10. The lowest BCUT2D eigenvalue weighted by atomic mass is 10.1. The van der Waals surface area contributed by atoms with Crippen LogP contribution in [0.4, 0.5) is 4.39 Å². The van der Waals surface area contributed by atoms with Gasteiger partial charge in [0.15, 0.2) is 0 Å². The standard InChI is InChI=1S/C28H26FN5O3/c1-3-18(2)30-25(35)21-12-13-23-24(15-21)34-27(32(26(23)36)16-19-8-5-4-6-9-19)31-33(28(34)37)17-20-10-7-11-22(29)14-20/h4-15,18H,3,16-17H2,1-2H3,(H,30,35). The van der Waals surface area contributed by atoms with Crippen molar-refractivity contribution in [3.05, 3.63) is 116 Å². The van der Waals surface area contributed by atoms with Crippen LogP contribution in [0, 0.1) is 5.82 Å². The third kappa shape index (κ3) is 4.67. The average molecular weight is 500 g/mol. The molecule has 5 aromatic rings. The molecule has 0 aliphatic heterocycles. The molecule has 1 N–H and O–H groups in total. The minimum Gasteiger partial charge on any atom is -0.350 e. The minimum atomic E-state index is -0.495. The summed E-state index contributed by atoms with van der Waals surface area (Å²) in [7, 11) is 0. The Morgan fingerprint density at radius 3 is 2.46 bits per heavy atom. The highest BCUT2D eigenvalue weighted by Gasteiger charge is 2.20. The number of rotatable bonds is 7. The Kier molecular flexibility index (Phi) is 6.43. The summed E-state index contributed by atoms with van der Waals surface area (Å²) >= 11 is 0. The summed E-state index contributed by atoms with van der Waals surface area (Å²) in [6, 6.07) is 20.0. The van der Waals surface area contributed by atoms with Gasteiger partial charge in [-0.25, -0.2) is 18.3 Å². The SMILES string of the molecule is CCC(C)NC(=O)c1ccc2c(=O)n(Cc3ccccc3)c3nn(Cc4cccc(F)c4)c(=O)n3c2c1. The minimum absolute atomic E-state index is 0.0213. The van der Waals surface area contributed by atoms with Crippen LogP contribution in [0.25, 0.3) is 16.7 Å². The molecule has 1 unspecified atom stereocenters. The molecule has 0 bridgehead atoms. The lowest BCUT2D eigenvalue weighted by Gasteiger charge is -2.13. The van der Waals surface area contributed by atoms with Crippen molar-refractivity contribution in [1.29, 1.82) is 0 Å². The first kappa shape index (κ1) is 24.2. The van der Waals surface area contributed by atoms with E-state index in [2.05, 4.69) is 10.4 Å². The molecule has 0 saturated heterocycles. The van der Waals surface area contributed by atoms with Gasteiger partial charge in [-0.2, -0.15) is 0 Å². The summed E-state index contributed by atoms with van der Waals surface area (Å²) in [4.78, 5) is 40.0. The van der Waals surface area contributed by atoms with Gasteiger partial charge in [-0.05, 0) is 54.8 Å². The fraction of sp³-hybridized carbons (Fsp3) is 0.214. The number of carbonyl (C=O) groups is 1. The van der Waals surface area contributed by atoms with Crippen LogP contribution >= 0.6 is 0 Å². The molecule has 0 fully saturated rings. The van der Waals surface area contributed by atoms with Crippen LogP contribution in [0.2, 0.25) is 0 Å². The summed E-state index contributed by atoms with van der Waals surface area (Å²) in [6.07, 6.45) is 0.764. The molecular formula is C28H26FN5O3. The highest BCUT2D eigenvalue weighted by molar-refractivity contribution is 5.98. The molecule has 0 spiro atoms. The van der Waals surface area contributed by atoms with Crippen molar-refractivity contribution < 1.29 is 9.18 Å². The monoisotopic (exact) mass is 499 g/mol. The molecule has 1 atom stereocenters. The zero-order valence-corrected chi connectivity index (χ0v) is 20.5. The summed E-state index contributed by atoms with van der Waals surface area (Å²) in [5.74, 6) is -0.571. The number of carbonyl (C=O) groups excluding carboxylic acids is 1. The molecule has 1 amide bonds. The van der Waals surface area contributed by atoms with Gasteiger partial charge in [0.05, 0.1) is 24.0 Å². The van der Waals surface area contributed by atoms with Crippen LogP contribution in [0.1, 0.15) is 41.8 Å². The predicted octanol–water partition coefficient (Wildman–Crippen LogP) is 3.57. The zero-order chi connectivity index (χ0) is 26.1. The van der Waals surface area contributed by atoms with E-state index >= 15 is 0 Å². The highest BCUT2D eigenvalue weighted by atomic mass is 19.1. The molecule has 9 heteroatoms. The molecule has 8 nitrogen and oxygen atoms in total. The fourth-order valence-corrected chi connectivity index (χ4v) is 4.29. The Morgan fingerprint density at radius 2 is 1.73 bits per heavy atom. The van der Waals surface area contributed by atoms with Gasteiger partial charge in [-0.1, -0.05) is 49.4 Å². The van der Waals surface area contributed by atoms with E-state index in [0.29, 0.717) is 11.1 Å². The summed E-state index contributed by atoms with van der Waals surface area (Å²) < 4.78 is 17.8. The Labute approximate surface area is 211 Å². The fourth-order valence-electron chi connectivity index (χ4n) is 4.29. The van der Waals surface area contributed by atoms with Crippen molar-refractivity contribution in [2.75, 3.05) is 0 Å². The van der Waals surface area contributed by atoms with Crippen LogP contribution < -0.4 is 16.6 Å². The second kappa shape index (κ2) is 9.85. The largest absolute Gasteiger partial charge is 0.352 e. The molecule has 0 radical (unpaired) electrons. The quantitative estimate of drug-likeness (QED) is 0.371. The van der Waals surface area contributed by atoms with Gasteiger partial charge in [-0.15, -0.1) is 5.10 Å². The van der Waals surface area contributed by atoms with Crippen molar-refractivity contribution in [2.45, 2.75) is 39.4 Å². The first-order valence-corrected chi connectivity index (χ1v) is 12.1. The van der Waals surface area contributed by atoms with Crippen LogP contribution in [0.3, 0.4) is 0 Å². The number of nitrogens with zero attached hydrogens (tertiary/aromatic N) is 4. The van der Waals surface area contributed by atoms with Crippen LogP contribution in [-0.4, -0.2) is 30.7 Å². The van der Waals surface area contributed by atoms with Gasteiger partial charge < -0.3 is 5.32 Å². The predicted molar refractivity (Wildman–Crippen MR) is 139 cm³/mol. The Balaban J connectivity index is 1.73. The van der Waals surface area contributed by atoms with E-state index in [0.717, 1.165) is 12.0 Å². The van der Waals surface area contributed by atoms with E-state index in [4.69, 9.17) is 0 Å².